The van der Waals surface area contributed by atoms with Crippen LogP contribution in [0.2, 0.25) is 0 Å². The van der Waals surface area contributed by atoms with Crippen LogP contribution in [0.25, 0.3) is 0 Å². The number of amides is 3. The molecule has 27 heavy (non-hydrogen) atoms. The predicted molar refractivity (Wildman–Crippen MR) is 109 cm³/mol. The fraction of sp³-hybridized carbons (Fsp3) is 0.300. The number of halogens is 1. The number of carbonyl (C=O) groups is 2. The highest BCUT2D eigenvalue weighted by Gasteiger charge is 2.24. The molecule has 1 fully saturated rings. The zero-order chi connectivity index (χ0) is 18.5. The first-order chi connectivity index (χ1) is 12.6. The summed E-state index contributed by atoms with van der Waals surface area (Å²) < 4.78 is 0. The molecule has 3 rings (SSSR count). The Morgan fingerprint density at radius 2 is 1.63 bits per heavy atom. The average Bonchev–Trinajstić information content (AvgIpc) is 2.67. The van der Waals surface area contributed by atoms with Gasteiger partial charge in [-0.15, -0.1) is 12.4 Å². The van der Waals surface area contributed by atoms with Crippen LogP contribution in [0.4, 0.5) is 10.5 Å². The van der Waals surface area contributed by atoms with Crippen molar-refractivity contribution in [2.24, 2.45) is 5.73 Å². The number of benzene rings is 2. The van der Waals surface area contributed by atoms with E-state index in [0.29, 0.717) is 38.3 Å². The van der Waals surface area contributed by atoms with Crippen molar-refractivity contribution >= 4 is 30.0 Å². The van der Waals surface area contributed by atoms with E-state index in [1.165, 1.54) is 0 Å². The van der Waals surface area contributed by atoms with Crippen LogP contribution in [-0.2, 0) is 6.54 Å². The minimum atomic E-state index is -0.130. The number of hydrogen-bond acceptors (Lipinski definition) is 3. The Labute approximate surface area is 165 Å². The monoisotopic (exact) mass is 388 g/mol. The van der Waals surface area contributed by atoms with Gasteiger partial charge >= 0.3 is 6.03 Å². The highest BCUT2D eigenvalue weighted by atomic mass is 35.5. The van der Waals surface area contributed by atoms with Crippen molar-refractivity contribution in [3.05, 3.63) is 65.2 Å². The third kappa shape index (κ3) is 5.21. The molecule has 3 amide bonds. The second kappa shape index (κ2) is 9.39. The molecular weight excluding hydrogens is 364 g/mol. The lowest BCUT2D eigenvalue weighted by atomic mass is 10.1. The minimum Gasteiger partial charge on any atom is -0.335 e. The van der Waals surface area contributed by atoms with Gasteiger partial charge in [-0.3, -0.25) is 4.79 Å². The second-order valence-electron chi connectivity index (χ2n) is 6.48. The molecule has 2 aromatic carbocycles. The Kier molecular flexibility index (Phi) is 7.21. The van der Waals surface area contributed by atoms with Crippen molar-refractivity contribution in [2.75, 3.05) is 31.5 Å². The first-order valence-corrected chi connectivity index (χ1v) is 8.77. The summed E-state index contributed by atoms with van der Waals surface area (Å²) in [7, 11) is 0. The van der Waals surface area contributed by atoms with E-state index < -0.39 is 0 Å². The SMILES string of the molecule is Cc1cccc(NC(=O)N2CCN(C(=O)c3ccc(CN)cc3)CC2)c1.Cl. The van der Waals surface area contributed by atoms with Crippen molar-refractivity contribution in [3.63, 3.8) is 0 Å². The summed E-state index contributed by atoms with van der Waals surface area (Å²) in [5, 5.41) is 2.91. The third-order valence-electron chi connectivity index (χ3n) is 4.56. The van der Waals surface area contributed by atoms with Gasteiger partial charge in [-0.2, -0.15) is 0 Å². The number of nitrogens with one attached hydrogen (secondary N) is 1. The Morgan fingerprint density at radius 3 is 2.22 bits per heavy atom. The Morgan fingerprint density at radius 1 is 1.00 bits per heavy atom. The van der Waals surface area contributed by atoms with E-state index in [1.807, 2.05) is 43.3 Å². The molecule has 0 unspecified atom stereocenters. The van der Waals surface area contributed by atoms with Gasteiger partial charge in [-0.25, -0.2) is 4.79 Å². The molecule has 3 N–H and O–H groups in total. The van der Waals surface area contributed by atoms with E-state index in [4.69, 9.17) is 5.73 Å². The smallest absolute Gasteiger partial charge is 0.321 e. The fourth-order valence-electron chi connectivity index (χ4n) is 3.00. The quantitative estimate of drug-likeness (QED) is 0.848. The molecule has 0 radical (unpaired) electrons. The standard InChI is InChI=1S/C20H24N4O2.ClH/c1-15-3-2-4-18(13-15)22-20(26)24-11-9-23(10-12-24)19(25)17-7-5-16(14-21)6-8-17;/h2-8,13H,9-12,14,21H2,1H3,(H,22,26);1H. The number of nitrogens with zero attached hydrogens (tertiary/aromatic N) is 2. The summed E-state index contributed by atoms with van der Waals surface area (Å²) in [6.07, 6.45) is 0. The molecule has 0 atom stereocenters. The van der Waals surface area contributed by atoms with Gasteiger partial charge in [0.15, 0.2) is 0 Å². The lowest BCUT2D eigenvalue weighted by molar-refractivity contribution is 0.0671. The number of anilines is 1. The van der Waals surface area contributed by atoms with E-state index in [2.05, 4.69) is 5.32 Å². The zero-order valence-electron chi connectivity index (χ0n) is 15.4. The number of hydrogen-bond donors (Lipinski definition) is 2. The lowest BCUT2D eigenvalue weighted by Crippen LogP contribution is -2.51. The van der Waals surface area contributed by atoms with Crippen molar-refractivity contribution in [1.29, 1.82) is 0 Å². The lowest BCUT2D eigenvalue weighted by Gasteiger charge is -2.34. The Bertz CT molecular complexity index is 787. The maximum atomic E-state index is 12.6. The van der Waals surface area contributed by atoms with E-state index in [1.54, 1.807) is 21.9 Å². The predicted octanol–water partition coefficient (Wildman–Crippen LogP) is 2.87. The van der Waals surface area contributed by atoms with Gasteiger partial charge in [0.05, 0.1) is 0 Å². The summed E-state index contributed by atoms with van der Waals surface area (Å²) >= 11 is 0. The molecule has 6 nitrogen and oxygen atoms in total. The van der Waals surface area contributed by atoms with Gasteiger partial charge in [0.1, 0.15) is 0 Å². The molecule has 0 saturated carbocycles. The van der Waals surface area contributed by atoms with Gasteiger partial charge in [0, 0.05) is 44.0 Å². The molecule has 0 aliphatic carbocycles. The van der Waals surface area contributed by atoms with Crippen LogP contribution >= 0.6 is 12.4 Å². The van der Waals surface area contributed by atoms with E-state index in [-0.39, 0.29) is 24.3 Å². The molecule has 0 spiro atoms. The number of piperazine rings is 1. The first kappa shape index (κ1) is 20.7. The van der Waals surface area contributed by atoms with Crippen molar-refractivity contribution < 1.29 is 9.59 Å². The van der Waals surface area contributed by atoms with Crippen LogP contribution in [0, 0.1) is 6.92 Å². The van der Waals surface area contributed by atoms with Crippen molar-refractivity contribution in [1.82, 2.24) is 9.80 Å². The number of carbonyl (C=O) groups excluding carboxylic acids is 2. The van der Waals surface area contributed by atoms with Crippen molar-refractivity contribution in [2.45, 2.75) is 13.5 Å². The van der Waals surface area contributed by atoms with Crippen LogP contribution in [0.3, 0.4) is 0 Å². The molecule has 1 heterocycles. The summed E-state index contributed by atoms with van der Waals surface area (Å²) in [4.78, 5) is 28.5. The average molecular weight is 389 g/mol. The molecule has 1 saturated heterocycles. The Balaban J connectivity index is 0.00000261. The van der Waals surface area contributed by atoms with Gasteiger partial charge in [-0.05, 0) is 42.3 Å². The summed E-state index contributed by atoms with van der Waals surface area (Å²) in [5.74, 6) is -0.00712. The van der Waals surface area contributed by atoms with Crippen LogP contribution in [-0.4, -0.2) is 47.9 Å². The normalized spacial score (nSPS) is 13.7. The Hall–Kier alpha value is -2.57. The topological polar surface area (TPSA) is 78.7 Å². The third-order valence-corrected chi connectivity index (χ3v) is 4.56. The minimum absolute atomic E-state index is 0. The largest absolute Gasteiger partial charge is 0.335 e. The van der Waals surface area contributed by atoms with Crippen LogP contribution in [0.1, 0.15) is 21.5 Å². The number of nitrogens with two attached hydrogens (primary N) is 1. The summed E-state index contributed by atoms with van der Waals surface area (Å²) in [6, 6.07) is 14.9. The fourth-order valence-corrected chi connectivity index (χ4v) is 3.00. The van der Waals surface area contributed by atoms with E-state index in [9.17, 15) is 9.59 Å². The highest BCUT2D eigenvalue weighted by Crippen LogP contribution is 2.13. The first-order valence-electron chi connectivity index (χ1n) is 8.77. The van der Waals surface area contributed by atoms with Crippen LogP contribution in [0.5, 0.6) is 0 Å². The summed E-state index contributed by atoms with van der Waals surface area (Å²) in [6.45, 7) is 4.54. The maximum absolute atomic E-state index is 12.6. The molecule has 1 aliphatic rings. The zero-order valence-corrected chi connectivity index (χ0v) is 16.2. The van der Waals surface area contributed by atoms with Crippen LogP contribution < -0.4 is 11.1 Å². The van der Waals surface area contributed by atoms with Crippen LogP contribution in [0.15, 0.2) is 48.5 Å². The van der Waals surface area contributed by atoms with Crippen molar-refractivity contribution in [3.8, 4) is 0 Å². The van der Waals surface area contributed by atoms with Gasteiger partial charge in [0.2, 0.25) is 0 Å². The molecule has 0 aromatic heterocycles. The molecule has 7 heteroatoms. The number of aryl methyl sites for hydroxylation is 1. The van der Waals surface area contributed by atoms with E-state index in [0.717, 1.165) is 16.8 Å². The molecule has 1 aliphatic heterocycles. The molecule has 0 bridgehead atoms. The maximum Gasteiger partial charge on any atom is 0.321 e. The second-order valence-corrected chi connectivity index (χ2v) is 6.48. The molecule has 2 aromatic rings. The number of urea groups is 1. The molecule has 144 valence electrons. The van der Waals surface area contributed by atoms with Gasteiger partial charge in [-0.1, -0.05) is 24.3 Å². The number of rotatable bonds is 3. The highest BCUT2D eigenvalue weighted by molar-refractivity contribution is 5.94. The summed E-state index contributed by atoms with van der Waals surface area (Å²) in [5.41, 5.74) is 9.12. The molecular formula is C20H25ClN4O2. The van der Waals surface area contributed by atoms with Gasteiger partial charge < -0.3 is 20.9 Å². The van der Waals surface area contributed by atoms with E-state index >= 15 is 0 Å². The van der Waals surface area contributed by atoms with Gasteiger partial charge in [0.25, 0.3) is 5.91 Å².